The molecule has 0 aliphatic carbocycles. The topological polar surface area (TPSA) is 0 Å². The zero-order valence-corrected chi connectivity index (χ0v) is 15.9. The van der Waals surface area contributed by atoms with Crippen molar-refractivity contribution in [2.24, 2.45) is 6.66 Å². The summed E-state index contributed by atoms with van der Waals surface area (Å²) in [6, 6.07) is 2.46. The Morgan fingerprint density at radius 1 is 0.765 bits per heavy atom. The summed E-state index contributed by atoms with van der Waals surface area (Å²) < 4.78 is 0. The highest BCUT2D eigenvalue weighted by Gasteiger charge is 2.36. The number of rotatable bonds is 2. The van der Waals surface area contributed by atoms with Crippen LogP contribution in [0.3, 0.4) is 0 Å². The fourth-order valence-electron chi connectivity index (χ4n) is 3.29. The molecule has 1 rings (SSSR count). The minimum Gasteiger partial charge on any atom is -0.0620 e. The van der Waals surface area contributed by atoms with E-state index in [1.54, 1.807) is 11.1 Å². The quantitative estimate of drug-likeness (QED) is 0.714. The Balaban J connectivity index is 3.67. The second kappa shape index (κ2) is 4.64. The average molecular weight is 284 g/mol. The van der Waals surface area contributed by atoms with E-state index in [1.165, 1.54) is 0 Å². The summed E-state index contributed by atoms with van der Waals surface area (Å²) in [5.74, 6) is 0. The van der Waals surface area contributed by atoms with Crippen LogP contribution in [0.5, 0.6) is 0 Å². The van der Waals surface area contributed by atoms with Crippen LogP contribution in [0.15, 0.2) is 6.07 Å². The largest absolute Gasteiger partial charge is 0.132 e. The number of hydrogen-bond donors (Lipinski definition) is 0. The van der Waals surface area contributed by atoms with Gasteiger partial charge in [0.2, 0.25) is 0 Å². The molecule has 0 aliphatic rings. The minimum absolute atomic E-state index is 0.0219. The van der Waals surface area contributed by atoms with Gasteiger partial charge in [-0.15, -0.1) is 0 Å². The van der Waals surface area contributed by atoms with Crippen molar-refractivity contribution in [3.8, 4) is 0 Å². The lowest BCUT2D eigenvalue weighted by molar-refractivity contribution is 1.45. The molecule has 0 saturated carbocycles. The summed E-state index contributed by atoms with van der Waals surface area (Å²) >= 11 is 0. The van der Waals surface area contributed by atoms with Gasteiger partial charge in [0.25, 0.3) is 0 Å². The SMILES string of the molecule is Cc1cc(C)c([Si](C)(C)C)[p+](C)c1[Si](C)(C)C. The molecule has 0 fully saturated rings. The van der Waals surface area contributed by atoms with E-state index < -0.39 is 16.1 Å². The van der Waals surface area contributed by atoms with Gasteiger partial charge in [-0.2, -0.15) is 0 Å². The van der Waals surface area contributed by atoms with Crippen LogP contribution >= 0.6 is 7.53 Å². The van der Waals surface area contributed by atoms with Gasteiger partial charge in [0.15, 0.2) is 0 Å². The smallest absolute Gasteiger partial charge is 0.0620 e. The molecule has 0 atom stereocenters. The van der Waals surface area contributed by atoms with Crippen molar-refractivity contribution in [2.75, 3.05) is 0 Å². The van der Waals surface area contributed by atoms with Crippen molar-refractivity contribution >= 4 is 33.5 Å². The predicted molar refractivity (Wildman–Crippen MR) is 90.0 cm³/mol. The molecule has 0 amide bonds. The van der Waals surface area contributed by atoms with E-state index in [2.05, 4.69) is 65.9 Å². The molecule has 1 aromatic heterocycles. The van der Waals surface area contributed by atoms with Crippen LogP contribution in [0.25, 0.3) is 0 Å². The molecule has 0 aromatic carbocycles. The second-order valence-corrected chi connectivity index (χ2v) is 20.1. The van der Waals surface area contributed by atoms with Gasteiger partial charge < -0.3 is 0 Å². The first kappa shape index (κ1) is 15.1. The zero-order valence-electron chi connectivity index (χ0n) is 13.0. The van der Waals surface area contributed by atoms with Gasteiger partial charge in [-0.1, -0.05) is 39.3 Å². The van der Waals surface area contributed by atoms with Gasteiger partial charge in [-0.25, -0.2) is 0 Å². The van der Waals surface area contributed by atoms with Crippen molar-refractivity contribution in [1.82, 2.24) is 0 Å². The Hall–Kier alpha value is 0.0838. The molecule has 0 spiro atoms. The molecular weight excluding hydrogens is 255 g/mol. The van der Waals surface area contributed by atoms with Gasteiger partial charge in [0.1, 0.15) is 40.2 Å². The number of aryl methyl sites for hydroxylation is 2. The van der Waals surface area contributed by atoms with Crippen LogP contribution < -0.4 is 9.84 Å². The summed E-state index contributed by atoms with van der Waals surface area (Å²) in [7, 11) is -2.36. The predicted octanol–water partition coefficient (Wildman–Crippen LogP) is 4.20. The molecule has 17 heavy (non-hydrogen) atoms. The summed E-state index contributed by atoms with van der Waals surface area (Å²) in [5.41, 5.74) is 3.16. The van der Waals surface area contributed by atoms with E-state index in [1.807, 2.05) is 9.84 Å². The molecule has 0 radical (unpaired) electrons. The number of hydrogen-bond acceptors (Lipinski definition) is 0. The van der Waals surface area contributed by atoms with Crippen LogP contribution in [0.2, 0.25) is 39.3 Å². The molecule has 96 valence electrons. The molecule has 3 heteroatoms. The van der Waals surface area contributed by atoms with Gasteiger partial charge in [0.05, 0.1) is 0 Å². The monoisotopic (exact) mass is 283 g/mol. The maximum atomic E-state index is 2.51. The van der Waals surface area contributed by atoms with Crippen LogP contribution in [-0.4, -0.2) is 16.1 Å². The molecule has 0 bridgehead atoms. The lowest BCUT2D eigenvalue weighted by Crippen LogP contribution is -2.45. The Kier molecular flexibility index (Phi) is 4.13. The Morgan fingerprint density at radius 3 is 1.29 bits per heavy atom. The standard InChI is InChI=1S/C14H28PSi2/c1-11-10-12(2)14(17(7,8)9)15(3)13(11)16(4,5)6/h10H,1-9H3/q+1. The average Bonchev–Trinajstić information content (AvgIpc) is 1.94. The summed E-state index contributed by atoms with van der Waals surface area (Å²) in [6.07, 6.45) is 0. The molecular formula is C14H28PSi2+. The van der Waals surface area contributed by atoms with Gasteiger partial charge in [-0.3, -0.25) is 0 Å². The molecule has 0 aliphatic heterocycles. The fraction of sp³-hybridized carbons (Fsp3) is 0.643. The van der Waals surface area contributed by atoms with E-state index in [9.17, 15) is 0 Å². The normalized spacial score (nSPS) is 13.0. The highest BCUT2D eigenvalue weighted by atomic mass is 31.1. The Labute approximate surface area is 111 Å². The van der Waals surface area contributed by atoms with Gasteiger partial charge >= 0.3 is 0 Å². The van der Waals surface area contributed by atoms with E-state index >= 15 is 0 Å². The Bertz CT molecular complexity index is 399. The first-order valence-corrected chi connectivity index (χ1v) is 15.3. The van der Waals surface area contributed by atoms with E-state index in [-0.39, 0.29) is 7.53 Å². The van der Waals surface area contributed by atoms with Gasteiger partial charge in [-0.05, 0) is 31.0 Å². The zero-order chi connectivity index (χ0) is 13.6. The summed E-state index contributed by atoms with van der Waals surface area (Å²) in [4.78, 5) is 3.69. The molecule has 1 aromatic rings. The molecule has 0 saturated heterocycles. The summed E-state index contributed by atoms with van der Waals surface area (Å²) in [5, 5.41) is 0. The third-order valence-corrected chi connectivity index (χ3v) is 15.0. The maximum absolute atomic E-state index is 2.51. The van der Waals surface area contributed by atoms with Crippen LogP contribution in [0.4, 0.5) is 0 Å². The molecule has 1 heterocycles. The maximum Gasteiger partial charge on any atom is 0.132 e. The van der Waals surface area contributed by atoms with E-state index in [0.29, 0.717) is 0 Å². The fourth-order valence-corrected chi connectivity index (χ4v) is 16.3. The van der Waals surface area contributed by atoms with Crippen molar-refractivity contribution in [3.63, 3.8) is 0 Å². The van der Waals surface area contributed by atoms with Crippen molar-refractivity contribution in [2.45, 2.75) is 53.1 Å². The van der Waals surface area contributed by atoms with Crippen molar-refractivity contribution in [3.05, 3.63) is 17.2 Å². The lowest BCUT2D eigenvalue weighted by Gasteiger charge is -2.22. The molecule has 0 unspecified atom stereocenters. The van der Waals surface area contributed by atoms with Crippen LogP contribution in [-0.2, 0) is 6.66 Å². The first-order valence-electron chi connectivity index (χ1n) is 6.47. The van der Waals surface area contributed by atoms with Crippen molar-refractivity contribution < 1.29 is 0 Å². The highest BCUT2D eigenvalue weighted by molar-refractivity contribution is 7.63. The first-order chi connectivity index (χ1) is 7.46. The van der Waals surface area contributed by atoms with Crippen molar-refractivity contribution in [1.29, 1.82) is 0 Å². The molecule has 0 N–H and O–H groups in total. The van der Waals surface area contributed by atoms with Gasteiger partial charge in [0, 0.05) is 0 Å². The molecule has 0 nitrogen and oxygen atoms in total. The summed E-state index contributed by atoms with van der Waals surface area (Å²) in [6.45, 7) is 22.2. The Morgan fingerprint density at radius 2 is 1.06 bits per heavy atom. The van der Waals surface area contributed by atoms with E-state index in [4.69, 9.17) is 0 Å². The van der Waals surface area contributed by atoms with Crippen LogP contribution in [0.1, 0.15) is 11.1 Å². The third kappa shape index (κ3) is 3.10. The van der Waals surface area contributed by atoms with E-state index in [0.717, 1.165) is 0 Å². The third-order valence-electron chi connectivity index (χ3n) is 3.27. The minimum atomic E-state index is -1.17. The second-order valence-electron chi connectivity index (χ2n) is 7.27. The van der Waals surface area contributed by atoms with Crippen LogP contribution in [0, 0.1) is 13.8 Å². The lowest BCUT2D eigenvalue weighted by atomic mass is 10.3. The highest BCUT2D eigenvalue weighted by Crippen LogP contribution is 2.28.